The van der Waals surface area contributed by atoms with Crippen LogP contribution >= 0.6 is 11.3 Å². The van der Waals surface area contributed by atoms with Crippen molar-refractivity contribution in [3.8, 4) is 0 Å². The molecule has 1 heterocycles. The van der Waals surface area contributed by atoms with Gasteiger partial charge >= 0.3 is 0 Å². The lowest BCUT2D eigenvalue weighted by Crippen LogP contribution is -2.07. The number of hydrogen-bond acceptors (Lipinski definition) is 2. The minimum Gasteiger partial charge on any atom is -0.375 e. The second-order valence-corrected chi connectivity index (χ2v) is 6.63. The van der Waals surface area contributed by atoms with Gasteiger partial charge in [0.15, 0.2) is 0 Å². The lowest BCUT2D eigenvalue weighted by molar-refractivity contribution is 0.588. The van der Waals surface area contributed by atoms with Crippen LogP contribution in [-0.4, -0.2) is 0 Å². The topological polar surface area (TPSA) is 12.0 Å². The van der Waals surface area contributed by atoms with Crippen LogP contribution in [0.15, 0.2) is 30.3 Å². The van der Waals surface area contributed by atoms with Crippen molar-refractivity contribution >= 4 is 17.0 Å². The number of para-hydroxylation sites is 1. The Kier molecular flexibility index (Phi) is 3.90. The van der Waals surface area contributed by atoms with Gasteiger partial charge in [-0.15, -0.1) is 11.3 Å². The molecule has 0 aliphatic heterocycles. The quantitative estimate of drug-likeness (QED) is 0.840. The molecule has 2 rings (SSSR count). The zero-order valence-corrected chi connectivity index (χ0v) is 12.1. The standard InChI is InChI=1S/C15H17F2NS/c1-15(2,3)13-8-7-10(19-13)9-18-14-11(16)5-4-6-12(14)17/h4-8,18H,9H2,1-3H3. The largest absolute Gasteiger partial charge is 0.375 e. The molecule has 1 nitrogen and oxygen atoms in total. The van der Waals surface area contributed by atoms with Crippen LogP contribution in [0.4, 0.5) is 14.5 Å². The van der Waals surface area contributed by atoms with E-state index in [1.807, 2.05) is 6.07 Å². The van der Waals surface area contributed by atoms with Gasteiger partial charge in [-0.1, -0.05) is 26.8 Å². The molecule has 2 aromatic rings. The number of halogens is 2. The predicted molar refractivity (Wildman–Crippen MR) is 76.7 cm³/mol. The van der Waals surface area contributed by atoms with Crippen LogP contribution in [0.3, 0.4) is 0 Å². The summed E-state index contributed by atoms with van der Waals surface area (Å²) in [6.45, 7) is 6.87. The molecule has 0 saturated heterocycles. The second kappa shape index (κ2) is 5.29. The van der Waals surface area contributed by atoms with Gasteiger partial charge in [0.1, 0.15) is 17.3 Å². The van der Waals surface area contributed by atoms with Gasteiger partial charge < -0.3 is 5.32 Å². The van der Waals surface area contributed by atoms with Crippen LogP contribution in [0, 0.1) is 11.6 Å². The van der Waals surface area contributed by atoms with Crippen LogP contribution in [-0.2, 0) is 12.0 Å². The van der Waals surface area contributed by atoms with Crippen molar-refractivity contribution in [1.82, 2.24) is 0 Å². The van der Waals surface area contributed by atoms with E-state index in [4.69, 9.17) is 0 Å². The number of benzene rings is 1. The van der Waals surface area contributed by atoms with Crippen molar-refractivity contribution in [2.75, 3.05) is 5.32 Å². The summed E-state index contributed by atoms with van der Waals surface area (Å²) in [6.07, 6.45) is 0. The van der Waals surface area contributed by atoms with Crippen molar-refractivity contribution in [1.29, 1.82) is 0 Å². The Hall–Kier alpha value is -1.42. The molecule has 102 valence electrons. The maximum absolute atomic E-state index is 13.4. The van der Waals surface area contributed by atoms with E-state index in [9.17, 15) is 8.78 Å². The van der Waals surface area contributed by atoms with Gasteiger partial charge in [0.2, 0.25) is 0 Å². The fraction of sp³-hybridized carbons (Fsp3) is 0.333. The first kappa shape index (κ1) is 14.0. The minimum atomic E-state index is -0.562. The second-order valence-electron chi connectivity index (χ2n) is 5.47. The van der Waals surface area contributed by atoms with Gasteiger partial charge in [0, 0.05) is 16.3 Å². The maximum Gasteiger partial charge on any atom is 0.149 e. The van der Waals surface area contributed by atoms with E-state index >= 15 is 0 Å². The Morgan fingerprint density at radius 2 is 1.68 bits per heavy atom. The summed E-state index contributed by atoms with van der Waals surface area (Å²) in [4.78, 5) is 2.32. The molecular weight excluding hydrogens is 264 g/mol. The Balaban J connectivity index is 2.09. The van der Waals surface area contributed by atoms with Crippen LogP contribution in [0.5, 0.6) is 0 Å². The highest BCUT2D eigenvalue weighted by Gasteiger charge is 2.16. The molecule has 0 aliphatic carbocycles. The smallest absolute Gasteiger partial charge is 0.149 e. The molecule has 0 aliphatic rings. The van der Waals surface area contributed by atoms with E-state index in [0.717, 1.165) is 4.88 Å². The first-order valence-electron chi connectivity index (χ1n) is 6.15. The maximum atomic E-state index is 13.4. The lowest BCUT2D eigenvalue weighted by Gasteiger charge is -2.15. The highest BCUT2D eigenvalue weighted by Crippen LogP contribution is 2.30. The molecule has 0 unspecified atom stereocenters. The zero-order valence-electron chi connectivity index (χ0n) is 11.3. The third-order valence-electron chi connectivity index (χ3n) is 2.80. The van der Waals surface area contributed by atoms with Crippen molar-refractivity contribution in [3.63, 3.8) is 0 Å². The van der Waals surface area contributed by atoms with Crippen molar-refractivity contribution in [3.05, 3.63) is 51.7 Å². The zero-order chi connectivity index (χ0) is 14.0. The van der Waals surface area contributed by atoms with Gasteiger partial charge in [-0.3, -0.25) is 0 Å². The van der Waals surface area contributed by atoms with E-state index in [2.05, 4.69) is 32.2 Å². The first-order chi connectivity index (χ1) is 8.88. The van der Waals surface area contributed by atoms with Crippen molar-refractivity contribution in [2.45, 2.75) is 32.7 Å². The molecule has 0 saturated carbocycles. The van der Waals surface area contributed by atoms with Crippen LogP contribution in [0.25, 0.3) is 0 Å². The molecule has 4 heteroatoms. The Morgan fingerprint density at radius 3 is 2.21 bits per heavy atom. The number of rotatable bonds is 3. The SMILES string of the molecule is CC(C)(C)c1ccc(CNc2c(F)cccc2F)s1. The van der Waals surface area contributed by atoms with Gasteiger partial charge in [-0.2, -0.15) is 0 Å². The molecule has 0 radical (unpaired) electrons. The monoisotopic (exact) mass is 281 g/mol. The van der Waals surface area contributed by atoms with Crippen molar-refractivity contribution in [2.24, 2.45) is 0 Å². The number of hydrogen-bond donors (Lipinski definition) is 1. The van der Waals surface area contributed by atoms with Gasteiger partial charge in [-0.25, -0.2) is 8.78 Å². The molecule has 0 atom stereocenters. The fourth-order valence-electron chi connectivity index (χ4n) is 1.72. The Labute approximate surface area is 116 Å². The normalized spacial score (nSPS) is 11.6. The molecule has 19 heavy (non-hydrogen) atoms. The molecule has 0 amide bonds. The fourth-order valence-corrected chi connectivity index (χ4v) is 2.72. The minimum absolute atomic E-state index is 0.0618. The molecule has 1 aromatic carbocycles. The Bertz CT molecular complexity index is 550. The summed E-state index contributed by atoms with van der Waals surface area (Å²) in [5, 5.41) is 2.82. The van der Waals surface area contributed by atoms with E-state index in [1.165, 1.54) is 23.1 Å². The van der Waals surface area contributed by atoms with Gasteiger partial charge in [0.25, 0.3) is 0 Å². The number of anilines is 1. The van der Waals surface area contributed by atoms with E-state index in [0.29, 0.717) is 6.54 Å². The highest BCUT2D eigenvalue weighted by atomic mass is 32.1. The Morgan fingerprint density at radius 1 is 1.05 bits per heavy atom. The molecular formula is C15H17F2NS. The predicted octanol–water partition coefficient (Wildman–Crippen LogP) is 4.94. The van der Waals surface area contributed by atoms with Crippen LogP contribution < -0.4 is 5.32 Å². The summed E-state index contributed by atoms with van der Waals surface area (Å²) >= 11 is 1.66. The molecule has 0 spiro atoms. The summed E-state index contributed by atoms with van der Waals surface area (Å²) in [5.74, 6) is -1.12. The van der Waals surface area contributed by atoms with Crippen LogP contribution in [0.1, 0.15) is 30.5 Å². The summed E-state index contributed by atoms with van der Waals surface area (Å²) < 4.78 is 26.9. The van der Waals surface area contributed by atoms with E-state index in [1.54, 1.807) is 11.3 Å². The molecule has 0 bridgehead atoms. The third kappa shape index (κ3) is 3.32. The van der Waals surface area contributed by atoms with Crippen molar-refractivity contribution < 1.29 is 8.78 Å². The lowest BCUT2D eigenvalue weighted by atomic mass is 9.95. The summed E-state index contributed by atoms with van der Waals surface area (Å²) in [5.41, 5.74) is 0.0415. The van der Waals surface area contributed by atoms with E-state index < -0.39 is 11.6 Å². The summed E-state index contributed by atoms with van der Waals surface area (Å²) in [7, 11) is 0. The van der Waals surface area contributed by atoms with Gasteiger partial charge in [-0.05, 0) is 29.7 Å². The first-order valence-corrected chi connectivity index (χ1v) is 6.96. The molecule has 1 N–H and O–H groups in total. The van der Waals surface area contributed by atoms with Gasteiger partial charge in [0.05, 0.1) is 0 Å². The average Bonchev–Trinajstić information content (AvgIpc) is 2.77. The summed E-state index contributed by atoms with van der Waals surface area (Å²) in [6, 6.07) is 7.93. The molecule has 1 aromatic heterocycles. The van der Waals surface area contributed by atoms with E-state index in [-0.39, 0.29) is 11.1 Å². The number of thiophene rings is 1. The number of nitrogens with one attached hydrogen (secondary N) is 1. The third-order valence-corrected chi connectivity index (χ3v) is 4.31. The average molecular weight is 281 g/mol. The highest BCUT2D eigenvalue weighted by molar-refractivity contribution is 7.12. The molecule has 0 fully saturated rings. The van der Waals surface area contributed by atoms with Crippen LogP contribution in [0.2, 0.25) is 0 Å².